The molecule has 0 aromatic carbocycles. The van der Waals surface area contributed by atoms with E-state index in [1.165, 1.54) is 12.8 Å². The molecule has 2 N–H and O–H groups in total. The molecule has 0 saturated heterocycles. The number of aliphatic hydroxyl groups excluding tert-OH is 1. The van der Waals surface area contributed by atoms with Gasteiger partial charge in [-0.1, -0.05) is 13.8 Å². The molecule has 1 aliphatic carbocycles. The van der Waals surface area contributed by atoms with Crippen molar-refractivity contribution in [1.29, 1.82) is 0 Å². The average molecular weight is 228 g/mol. The molecule has 0 aromatic heterocycles. The average Bonchev–Trinajstić information content (AvgIpc) is 2.32. The van der Waals surface area contributed by atoms with E-state index in [0.717, 1.165) is 51.5 Å². The van der Waals surface area contributed by atoms with E-state index in [9.17, 15) is 5.11 Å². The standard InChI is InChI=1S/C13H28N2O/c1-3-15(4-2)10-9-14-11-12-5-7-13(16)8-6-12/h12-14,16H,3-11H2,1-2H3. The van der Waals surface area contributed by atoms with Crippen LogP contribution >= 0.6 is 0 Å². The number of nitrogens with zero attached hydrogens (tertiary/aromatic N) is 1. The normalized spacial score (nSPS) is 26.2. The minimum atomic E-state index is -0.0214. The van der Waals surface area contributed by atoms with E-state index in [2.05, 4.69) is 24.1 Å². The Morgan fingerprint density at radius 3 is 2.31 bits per heavy atom. The van der Waals surface area contributed by atoms with E-state index < -0.39 is 0 Å². The van der Waals surface area contributed by atoms with Gasteiger partial charge in [0.05, 0.1) is 6.10 Å². The first kappa shape index (κ1) is 13.9. The summed E-state index contributed by atoms with van der Waals surface area (Å²) in [7, 11) is 0. The van der Waals surface area contributed by atoms with Crippen LogP contribution in [0, 0.1) is 5.92 Å². The summed E-state index contributed by atoms with van der Waals surface area (Å²) in [6.07, 6.45) is 4.37. The Hall–Kier alpha value is -0.120. The van der Waals surface area contributed by atoms with Gasteiger partial charge in [-0.2, -0.15) is 0 Å². The predicted molar refractivity (Wildman–Crippen MR) is 68.6 cm³/mol. The monoisotopic (exact) mass is 228 g/mol. The smallest absolute Gasteiger partial charge is 0.0540 e. The van der Waals surface area contributed by atoms with Gasteiger partial charge in [-0.3, -0.25) is 0 Å². The number of hydrogen-bond acceptors (Lipinski definition) is 3. The maximum atomic E-state index is 9.41. The lowest BCUT2D eigenvalue weighted by molar-refractivity contribution is 0.108. The Kier molecular flexibility index (Phi) is 7.01. The van der Waals surface area contributed by atoms with E-state index >= 15 is 0 Å². The van der Waals surface area contributed by atoms with Gasteiger partial charge in [-0.15, -0.1) is 0 Å². The van der Waals surface area contributed by atoms with Crippen LogP contribution in [0.15, 0.2) is 0 Å². The molecule has 0 heterocycles. The molecule has 0 bridgehead atoms. The van der Waals surface area contributed by atoms with Crippen LogP contribution in [0.25, 0.3) is 0 Å². The molecule has 0 unspecified atom stereocenters. The summed E-state index contributed by atoms with van der Waals surface area (Å²) in [6, 6.07) is 0. The molecule has 1 saturated carbocycles. The van der Waals surface area contributed by atoms with Gasteiger partial charge < -0.3 is 15.3 Å². The molecule has 0 amide bonds. The number of nitrogens with one attached hydrogen (secondary N) is 1. The fourth-order valence-electron chi connectivity index (χ4n) is 2.43. The van der Waals surface area contributed by atoms with Crippen LogP contribution in [0.5, 0.6) is 0 Å². The van der Waals surface area contributed by atoms with Crippen molar-refractivity contribution in [3.8, 4) is 0 Å². The first-order chi connectivity index (χ1) is 7.76. The van der Waals surface area contributed by atoms with E-state index in [4.69, 9.17) is 0 Å². The maximum absolute atomic E-state index is 9.41. The van der Waals surface area contributed by atoms with Crippen LogP contribution in [-0.4, -0.2) is 48.8 Å². The Morgan fingerprint density at radius 2 is 1.75 bits per heavy atom. The molecule has 0 aromatic rings. The molecule has 1 fully saturated rings. The van der Waals surface area contributed by atoms with Crippen molar-refractivity contribution in [2.24, 2.45) is 5.92 Å². The van der Waals surface area contributed by atoms with E-state index in [0.29, 0.717) is 0 Å². The summed E-state index contributed by atoms with van der Waals surface area (Å²) in [4.78, 5) is 2.44. The Balaban J connectivity index is 1.98. The van der Waals surface area contributed by atoms with Gasteiger partial charge >= 0.3 is 0 Å². The zero-order valence-electron chi connectivity index (χ0n) is 10.9. The summed E-state index contributed by atoms with van der Waals surface area (Å²) in [6.45, 7) is 10.1. The lowest BCUT2D eigenvalue weighted by atomic mass is 9.87. The molecule has 96 valence electrons. The topological polar surface area (TPSA) is 35.5 Å². The number of rotatable bonds is 7. The molecule has 0 radical (unpaired) electrons. The first-order valence-electron chi connectivity index (χ1n) is 6.87. The number of likely N-dealkylation sites (N-methyl/N-ethyl adjacent to an activating group) is 1. The fraction of sp³-hybridized carbons (Fsp3) is 1.00. The zero-order chi connectivity index (χ0) is 11.8. The van der Waals surface area contributed by atoms with Gasteiger partial charge in [0.2, 0.25) is 0 Å². The highest BCUT2D eigenvalue weighted by Gasteiger charge is 2.18. The van der Waals surface area contributed by atoms with Gasteiger partial charge in [0.1, 0.15) is 0 Å². The number of hydrogen-bond donors (Lipinski definition) is 2. The van der Waals surface area contributed by atoms with Crippen LogP contribution in [0.4, 0.5) is 0 Å². The Morgan fingerprint density at radius 1 is 1.12 bits per heavy atom. The van der Waals surface area contributed by atoms with Crippen LogP contribution in [0.1, 0.15) is 39.5 Å². The second-order valence-electron chi connectivity index (χ2n) is 4.91. The van der Waals surface area contributed by atoms with E-state index in [-0.39, 0.29) is 6.10 Å². The van der Waals surface area contributed by atoms with E-state index in [1.807, 2.05) is 0 Å². The Labute approximate surface area is 100 Å². The molecule has 3 nitrogen and oxygen atoms in total. The molecule has 3 heteroatoms. The molecule has 1 aliphatic rings. The van der Waals surface area contributed by atoms with Crippen molar-refractivity contribution in [2.75, 3.05) is 32.7 Å². The van der Waals surface area contributed by atoms with Crippen molar-refractivity contribution in [3.63, 3.8) is 0 Å². The summed E-state index contributed by atoms with van der Waals surface area (Å²) in [5.74, 6) is 0.792. The third kappa shape index (κ3) is 5.28. The van der Waals surface area contributed by atoms with Gasteiger partial charge in [0.15, 0.2) is 0 Å². The van der Waals surface area contributed by atoms with Gasteiger partial charge in [-0.05, 0) is 51.2 Å². The lowest BCUT2D eigenvalue weighted by Crippen LogP contribution is -2.35. The summed E-state index contributed by atoms with van der Waals surface area (Å²) in [5, 5.41) is 13.0. The highest BCUT2D eigenvalue weighted by Crippen LogP contribution is 2.23. The molecule has 0 aliphatic heterocycles. The largest absolute Gasteiger partial charge is 0.393 e. The van der Waals surface area contributed by atoms with Crippen LogP contribution in [0.3, 0.4) is 0 Å². The van der Waals surface area contributed by atoms with Gasteiger partial charge in [0.25, 0.3) is 0 Å². The van der Waals surface area contributed by atoms with Crippen molar-refractivity contribution < 1.29 is 5.11 Å². The molecular formula is C13H28N2O. The van der Waals surface area contributed by atoms with Crippen molar-refractivity contribution in [3.05, 3.63) is 0 Å². The third-order valence-electron chi connectivity index (χ3n) is 3.75. The Bertz CT molecular complexity index is 163. The molecular weight excluding hydrogens is 200 g/mol. The zero-order valence-corrected chi connectivity index (χ0v) is 10.9. The highest BCUT2D eigenvalue weighted by molar-refractivity contribution is 4.73. The van der Waals surface area contributed by atoms with Crippen molar-refractivity contribution >= 4 is 0 Å². The summed E-state index contributed by atoms with van der Waals surface area (Å²) in [5.41, 5.74) is 0. The maximum Gasteiger partial charge on any atom is 0.0540 e. The quantitative estimate of drug-likeness (QED) is 0.648. The van der Waals surface area contributed by atoms with Crippen LogP contribution in [0.2, 0.25) is 0 Å². The van der Waals surface area contributed by atoms with Crippen molar-refractivity contribution in [1.82, 2.24) is 10.2 Å². The third-order valence-corrected chi connectivity index (χ3v) is 3.75. The summed E-state index contributed by atoms with van der Waals surface area (Å²) >= 11 is 0. The van der Waals surface area contributed by atoms with Crippen molar-refractivity contribution in [2.45, 2.75) is 45.6 Å². The second-order valence-corrected chi connectivity index (χ2v) is 4.91. The van der Waals surface area contributed by atoms with Gasteiger partial charge in [-0.25, -0.2) is 0 Å². The first-order valence-corrected chi connectivity index (χ1v) is 6.87. The molecule has 0 spiro atoms. The predicted octanol–water partition coefficient (Wildman–Crippen LogP) is 1.47. The van der Waals surface area contributed by atoms with Crippen LogP contribution in [-0.2, 0) is 0 Å². The number of aliphatic hydroxyl groups is 1. The molecule has 0 atom stereocenters. The van der Waals surface area contributed by atoms with Gasteiger partial charge in [0, 0.05) is 13.1 Å². The van der Waals surface area contributed by atoms with Crippen LogP contribution < -0.4 is 5.32 Å². The highest BCUT2D eigenvalue weighted by atomic mass is 16.3. The second kappa shape index (κ2) is 8.04. The SMILES string of the molecule is CCN(CC)CCNCC1CCC(O)CC1. The minimum Gasteiger partial charge on any atom is -0.393 e. The molecule has 1 rings (SSSR count). The fourth-order valence-corrected chi connectivity index (χ4v) is 2.43. The summed E-state index contributed by atoms with van der Waals surface area (Å²) < 4.78 is 0. The molecule has 16 heavy (non-hydrogen) atoms. The lowest BCUT2D eigenvalue weighted by Gasteiger charge is -2.26. The minimum absolute atomic E-state index is 0.0214. The van der Waals surface area contributed by atoms with E-state index in [1.54, 1.807) is 0 Å².